The molecule has 306 valence electrons. The summed E-state index contributed by atoms with van der Waals surface area (Å²) in [5.41, 5.74) is 2.50. The monoisotopic (exact) mass is 747 g/mol. The summed E-state index contributed by atoms with van der Waals surface area (Å²) >= 11 is 0. The van der Waals surface area contributed by atoms with Gasteiger partial charge in [0.1, 0.15) is 11.4 Å². The molecule has 0 atom stereocenters. The van der Waals surface area contributed by atoms with Gasteiger partial charge in [-0.1, -0.05) is 206 Å². The van der Waals surface area contributed by atoms with E-state index in [2.05, 4.69) is 34.4 Å². The van der Waals surface area contributed by atoms with Gasteiger partial charge >= 0.3 is 0 Å². The van der Waals surface area contributed by atoms with Gasteiger partial charge in [-0.3, -0.25) is 19.6 Å². The molecular weight excluding hydrogens is 665 g/mol. The second-order valence-electron chi connectivity index (χ2n) is 16.0. The molecule has 0 aliphatic carbocycles. The minimum Gasteiger partial charge on any atom is -0.351 e. The van der Waals surface area contributed by atoms with E-state index in [0.717, 1.165) is 36.8 Å². The zero-order chi connectivity index (χ0) is 38.6. The summed E-state index contributed by atoms with van der Waals surface area (Å²) in [5, 5.41) is 6.09. The van der Waals surface area contributed by atoms with Gasteiger partial charge in [0.2, 0.25) is 0 Å². The van der Waals surface area contributed by atoms with Gasteiger partial charge in [0.15, 0.2) is 0 Å². The van der Waals surface area contributed by atoms with Crippen LogP contribution in [-0.2, 0) is 0 Å². The molecule has 0 aromatic carbocycles. The number of aromatic nitrogens is 2. The second kappa shape index (κ2) is 34.7. The van der Waals surface area contributed by atoms with Crippen LogP contribution >= 0.6 is 0 Å². The number of rotatable bonds is 37. The van der Waals surface area contributed by atoms with Crippen molar-refractivity contribution < 1.29 is 9.59 Å². The first kappa shape index (κ1) is 47.4. The maximum atomic E-state index is 12.8. The Hall–Kier alpha value is -2.76. The minimum absolute atomic E-state index is 0.149. The van der Waals surface area contributed by atoms with E-state index in [9.17, 15) is 9.59 Å². The zero-order valence-corrected chi connectivity index (χ0v) is 35.2. The van der Waals surface area contributed by atoms with Crippen LogP contribution in [0.3, 0.4) is 0 Å². The van der Waals surface area contributed by atoms with Crippen molar-refractivity contribution in [1.29, 1.82) is 0 Å². The molecule has 2 aromatic rings. The Balaban J connectivity index is 1.50. The highest BCUT2D eigenvalue weighted by molar-refractivity contribution is 5.95. The van der Waals surface area contributed by atoms with E-state index >= 15 is 0 Å². The summed E-state index contributed by atoms with van der Waals surface area (Å²) in [7, 11) is 0. The van der Waals surface area contributed by atoms with Crippen LogP contribution in [0, 0.1) is 0 Å². The fourth-order valence-corrected chi connectivity index (χ4v) is 7.40. The first-order chi connectivity index (χ1) is 26.7. The summed E-state index contributed by atoms with van der Waals surface area (Å²) in [5.74, 6) is -0.299. The lowest BCUT2D eigenvalue weighted by Crippen LogP contribution is -2.25. The lowest BCUT2D eigenvalue weighted by Gasteiger charge is -2.09. The topological polar surface area (TPSA) is 84.0 Å². The van der Waals surface area contributed by atoms with Crippen molar-refractivity contribution in [3.8, 4) is 11.1 Å². The predicted octanol–water partition coefficient (Wildman–Crippen LogP) is 14.1. The lowest BCUT2D eigenvalue weighted by molar-refractivity contribution is 0.0939. The number of unbranched alkanes of at least 4 members (excludes halogenated alkanes) is 30. The van der Waals surface area contributed by atoms with E-state index in [1.807, 2.05) is 12.1 Å². The van der Waals surface area contributed by atoms with Crippen LogP contribution < -0.4 is 10.6 Å². The SMILES string of the molecule is CCCCCCCCCCCCCCCCCCNC(=O)c1cc(-c2ccnc(C(=O)NCCCCCCCCCCCCCCCCCC)c2)ccn1. The maximum Gasteiger partial charge on any atom is 0.269 e. The molecule has 2 amide bonds. The third-order valence-electron chi connectivity index (χ3n) is 11.0. The highest BCUT2D eigenvalue weighted by atomic mass is 16.2. The minimum atomic E-state index is -0.149. The standard InChI is InChI=1S/C48H82N4O2/c1-3-5-7-9-11-13-15-17-19-21-23-25-27-29-31-33-37-51-47(53)45-41-43(35-39-49-45)44-36-40-50-46(42-44)48(54)52-38-34-32-30-28-26-24-22-20-18-16-14-12-10-8-6-4-2/h35-36,39-42H,3-34,37-38H2,1-2H3,(H,51,53)(H,52,54). The fourth-order valence-electron chi connectivity index (χ4n) is 7.40. The van der Waals surface area contributed by atoms with Gasteiger partial charge in [0.25, 0.3) is 11.8 Å². The van der Waals surface area contributed by atoms with E-state index in [-0.39, 0.29) is 11.8 Å². The van der Waals surface area contributed by atoms with Crippen LogP contribution in [0.15, 0.2) is 36.7 Å². The Morgan fingerprint density at radius 1 is 0.389 bits per heavy atom. The second-order valence-corrected chi connectivity index (χ2v) is 16.0. The Morgan fingerprint density at radius 3 is 0.889 bits per heavy atom. The van der Waals surface area contributed by atoms with E-state index in [1.54, 1.807) is 24.5 Å². The highest BCUT2D eigenvalue weighted by Crippen LogP contribution is 2.20. The normalized spacial score (nSPS) is 11.2. The third kappa shape index (κ3) is 25.3. The van der Waals surface area contributed by atoms with E-state index in [1.165, 1.54) is 180 Å². The molecule has 0 aliphatic heterocycles. The first-order valence-electron chi connectivity index (χ1n) is 23.1. The average molecular weight is 747 g/mol. The maximum absolute atomic E-state index is 12.8. The van der Waals surface area contributed by atoms with Crippen LogP contribution in [0.1, 0.15) is 240 Å². The molecule has 0 radical (unpaired) electrons. The number of carbonyl (C=O) groups excluding carboxylic acids is 2. The molecule has 2 rings (SSSR count). The van der Waals surface area contributed by atoms with Crippen LogP contribution in [0.25, 0.3) is 11.1 Å². The smallest absolute Gasteiger partial charge is 0.269 e. The summed E-state index contributed by atoms with van der Waals surface area (Å²) in [4.78, 5) is 34.3. The number of amides is 2. The molecule has 6 heteroatoms. The number of carbonyl (C=O) groups is 2. The molecule has 0 saturated carbocycles. The number of hydrogen-bond acceptors (Lipinski definition) is 4. The molecule has 0 bridgehead atoms. The average Bonchev–Trinajstić information content (AvgIpc) is 3.20. The van der Waals surface area contributed by atoms with Gasteiger partial charge in [-0.25, -0.2) is 0 Å². The molecule has 0 spiro atoms. The van der Waals surface area contributed by atoms with Crippen molar-refractivity contribution in [2.24, 2.45) is 0 Å². The van der Waals surface area contributed by atoms with Gasteiger partial charge < -0.3 is 10.6 Å². The quantitative estimate of drug-likeness (QED) is 0.0674. The number of pyridine rings is 2. The molecular formula is C48H82N4O2. The van der Waals surface area contributed by atoms with E-state index in [4.69, 9.17) is 0 Å². The van der Waals surface area contributed by atoms with Crippen molar-refractivity contribution in [3.05, 3.63) is 48.0 Å². The predicted molar refractivity (Wildman–Crippen MR) is 231 cm³/mol. The number of nitrogens with one attached hydrogen (secondary N) is 2. The summed E-state index contributed by atoms with van der Waals surface area (Å²) in [6, 6.07) is 7.35. The van der Waals surface area contributed by atoms with Crippen LogP contribution in [0.5, 0.6) is 0 Å². The Morgan fingerprint density at radius 2 is 0.630 bits per heavy atom. The lowest BCUT2D eigenvalue weighted by atomic mass is 10.0. The molecule has 0 aliphatic rings. The molecule has 6 nitrogen and oxygen atoms in total. The van der Waals surface area contributed by atoms with Gasteiger partial charge in [-0.15, -0.1) is 0 Å². The molecule has 54 heavy (non-hydrogen) atoms. The summed E-state index contributed by atoms with van der Waals surface area (Å²) in [6.45, 7) is 5.90. The van der Waals surface area contributed by atoms with Crippen LogP contribution in [0.4, 0.5) is 0 Å². The molecule has 0 saturated heterocycles. The Labute approximate surface area is 332 Å². The highest BCUT2D eigenvalue weighted by Gasteiger charge is 2.12. The summed E-state index contributed by atoms with van der Waals surface area (Å²) in [6.07, 6.45) is 46.1. The van der Waals surface area contributed by atoms with E-state index in [0.29, 0.717) is 24.5 Å². The van der Waals surface area contributed by atoms with Gasteiger partial charge in [0.05, 0.1) is 0 Å². The number of nitrogens with zero attached hydrogens (tertiary/aromatic N) is 2. The van der Waals surface area contributed by atoms with Crippen molar-refractivity contribution in [2.75, 3.05) is 13.1 Å². The van der Waals surface area contributed by atoms with Crippen molar-refractivity contribution in [2.45, 2.75) is 219 Å². The van der Waals surface area contributed by atoms with Crippen molar-refractivity contribution >= 4 is 11.8 Å². The zero-order valence-electron chi connectivity index (χ0n) is 35.2. The van der Waals surface area contributed by atoms with Crippen LogP contribution in [-0.4, -0.2) is 34.9 Å². The molecule has 0 fully saturated rings. The molecule has 2 N–H and O–H groups in total. The van der Waals surface area contributed by atoms with Gasteiger partial charge in [-0.05, 0) is 48.2 Å². The van der Waals surface area contributed by atoms with Crippen LogP contribution in [0.2, 0.25) is 0 Å². The molecule has 2 aromatic heterocycles. The van der Waals surface area contributed by atoms with Crippen molar-refractivity contribution in [3.63, 3.8) is 0 Å². The largest absolute Gasteiger partial charge is 0.351 e. The Kier molecular flexibility index (Phi) is 30.5. The number of hydrogen-bond donors (Lipinski definition) is 2. The first-order valence-corrected chi connectivity index (χ1v) is 23.1. The fraction of sp³-hybridized carbons (Fsp3) is 0.750. The molecule has 0 unspecified atom stereocenters. The van der Waals surface area contributed by atoms with E-state index < -0.39 is 0 Å². The van der Waals surface area contributed by atoms with Gasteiger partial charge in [0, 0.05) is 25.5 Å². The van der Waals surface area contributed by atoms with Gasteiger partial charge in [-0.2, -0.15) is 0 Å². The Bertz CT molecular complexity index is 1090. The molecule has 2 heterocycles. The van der Waals surface area contributed by atoms with Crippen molar-refractivity contribution in [1.82, 2.24) is 20.6 Å². The third-order valence-corrected chi connectivity index (χ3v) is 11.0. The summed E-state index contributed by atoms with van der Waals surface area (Å²) < 4.78 is 0.